The van der Waals surface area contributed by atoms with Gasteiger partial charge < -0.3 is 26.2 Å². The van der Waals surface area contributed by atoms with E-state index in [1.165, 1.54) is 44.9 Å². The third kappa shape index (κ3) is 13.3. The van der Waals surface area contributed by atoms with Crippen molar-refractivity contribution in [1.82, 2.24) is 20.4 Å². The van der Waals surface area contributed by atoms with Gasteiger partial charge in [-0.15, -0.1) is 0 Å². The summed E-state index contributed by atoms with van der Waals surface area (Å²) < 4.78 is 0. The van der Waals surface area contributed by atoms with Gasteiger partial charge >= 0.3 is 0 Å². The molecule has 0 aromatic heterocycles. The molecule has 7 nitrogen and oxygen atoms in total. The van der Waals surface area contributed by atoms with E-state index in [1.54, 1.807) is 0 Å². The Balaban J connectivity index is 1.44. The summed E-state index contributed by atoms with van der Waals surface area (Å²) >= 11 is 0. The lowest BCUT2D eigenvalue weighted by atomic mass is 9.87. The van der Waals surface area contributed by atoms with Crippen molar-refractivity contribution in [2.45, 2.75) is 78.6 Å². The minimum Gasteiger partial charge on any atom is -0.370 e. The normalized spacial score (nSPS) is 19.6. The molecule has 7 heteroatoms. The van der Waals surface area contributed by atoms with Gasteiger partial charge in [0.2, 0.25) is 11.8 Å². The second-order valence-electron chi connectivity index (χ2n) is 11.6. The third-order valence-electron chi connectivity index (χ3n) is 7.25. The Kier molecular flexibility index (Phi) is 12.7. The highest BCUT2D eigenvalue weighted by atomic mass is 16.1. The molecule has 2 aliphatic rings. The lowest BCUT2D eigenvalue weighted by Gasteiger charge is -2.33. The number of hydrogen-bond donors (Lipinski definition) is 3. The van der Waals surface area contributed by atoms with Crippen molar-refractivity contribution < 1.29 is 9.59 Å². The highest BCUT2D eigenvalue weighted by Gasteiger charge is 2.22. The predicted molar refractivity (Wildman–Crippen MR) is 136 cm³/mol. The second-order valence-corrected chi connectivity index (χ2v) is 11.6. The molecule has 2 rings (SSSR count). The Bertz CT molecular complexity index is 562. The van der Waals surface area contributed by atoms with E-state index in [0.29, 0.717) is 19.4 Å². The standard InChI is InChI=1S/C26H51N5O2/c1-26(2,3)21-28-13-14-29-25(33)12-20-31-17-9-23(10-18-31)6-4-5-22-7-15-30(16-8-22)19-11-24(27)32/h22-23,28H,4-21H2,1-3H3,(H2,27,32)(H,29,33). The summed E-state index contributed by atoms with van der Waals surface area (Å²) in [6.07, 6.45) is 10.3. The fourth-order valence-electron chi connectivity index (χ4n) is 5.06. The zero-order valence-electron chi connectivity index (χ0n) is 21.7. The van der Waals surface area contributed by atoms with Crippen LogP contribution in [0.25, 0.3) is 0 Å². The number of nitrogens with one attached hydrogen (secondary N) is 2. The van der Waals surface area contributed by atoms with E-state index in [-0.39, 0.29) is 17.2 Å². The maximum Gasteiger partial charge on any atom is 0.221 e. The molecular formula is C26H51N5O2. The van der Waals surface area contributed by atoms with E-state index in [2.05, 4.69) is 41.2 Å². The van der Waals surface area contributed by atoms with Crippen molar-refractivity contribution >= 4 is 11.8 Å². The molecule has 2 amide bonds. The number of piperidine rings is 2. The lowest BCUT2D eigenvalue weighted by molar-refractivity contribution is -0.121. The summed E-state index contributed by atoms with van der Waals surface area (Å²) in [6, 6.07) is 0. The molecule has 2 aliphatic heterocycles. The van der Waals surface area contributed by atoms with Gasteiger partial charge in [-0.05, 0) is 69.1 Å². The summed E-state index contributed by atoms with van der Waals surface area (Å²) in [7, 11) is 0. The Labute approximate surface area is 202 Å². The SMILES string of the molecule is CC(C)(C)CNCCNC(=O)CCN1CCC(CCCC2CCN(CCC(N)=O)CC2)CC1. The van der Waals surface area contributed by atoms with Crippen LogP contribution >= 0.6 is 0 Å². The van der Waals surface area contributed by atoms with Crippen molar-refractivity contribution in [1.29, 1.82) is 0 Å². The van der Waals surface area contributed by atoms with Crippen LogP contribution in [-0.4, -0.2) is 80.5 Å². The summed E-state index contributed by atoms with van der Waals surface area (Å²) in [5, 5.41) is 6.44. The molecule has 0 radical (unpaired) electrons. The van der Waals surface area contributed by atoms with Crippen LogP contribution in [0.15, 0.2) is 0 Å². The smallest absolute Gasteiger partial charge is 0.221 e. The quantitative estimate of drug-likeness (QED) is 0.343. The number of nitrogens with two attached hydrogens (primary N) is 1. The van der Waals surface area contributed by atoms with E-state index in [0.717, 1.165) is 64.2 Å². The van der Waals surface area contributed by atoms with Gasteiger partial charge in [-0.1, -0.05) is 40.0 Å². The van der Waals surface area contributed by atoms with Crippen molar-refractivity contribution in [3.05, 3.63) is 0 Å². The zero-order valence-corrected chi connectivity index (χ0v) is 21.7. The number of carbonyl (C=O) groups excluding carboxylic acids is 2. The predicted octanol–water partition coefficient (Wildman–Crippen LogP) is 2.60. The highest BCUT2D eigenvalue weighted by Crippen LogP contribution is 2.27. The highest BCUT2D eigenvalue weighted by molar-refractivity contribution is 5.76. The van der Waals surface area contributed by atoms with Crippen LogP contribution in [0.2, 0.25) is 0 Å². The van der Waals surface area contributed by atoms with E-state index in [4.69, 9.17) is 5.73 Å². The number of rotatable bonds is 14. The molecule has 2 heterocycles. The van der Waals surface area contributed by atoms with Crippen molar-refractivity contribution in [2.24, 2.45) is 23.0 Å². The van der Waals surface area contributed by atoms with Crippen LogP contribution in [0.5, 0.6) is 0 Å². The molecule has 2 saturated heterocycles. The molecule has 0 unspecified atom stereocenters. The second kappa shape index (κ2) is 14.9. The molecule has 0 aromatic carbocycles. The van der Waals surface area contributed by atoms with Crippen molar-refractivity contribution in [3.63, 3.8) is 0 Å². The largest absolute Gasteiger partial charge is 0.370 e. The molecule has 0 spiro atoms. The van der Waals surface area contributed by atoms with E-state index in [9.17, 15) is 9.59 Å². The molecule has 0 bridgehead atoms. The Morgan fingerprint density at radius 2 is 1.36 bits per heavy atom. The molecule has 4 N–H and O–H groups in total. The van der Waals surface area contributed by atoms with Gasteiger partial charge in [-0.3, -0.25) is 9.59 Å². The topological polar surface area (TPSA) is 90.7 Å². The van der Waals surface area contributed by atoms with Gasteiger partial charge in [0.05, 0.1) is 0 Å². The molecule has 2 fully saturated rings. The van der Waals surface area contributed by atoms with E-state index >= 15 is 0 Å². The molecule has 33 heavy (non-hydrogen) atoms. The van der Waals surface area contributed by atoms with Gasteiger partial charge in [-0.25, -0.2) is 0 Å². The Morgan fingerprint density at radius 3 is 1.85 bits per heavy atom. The van der Waals surface area contributed by atoms with Gasteiger partial charge in [0, 0.05) is 45.6 Å². The number of hydrogen-bond acceptors (Lipinski definition) is 5. The average Bonchev–Trinajstić information content (AvgIpc) is 2.77. The van der Waals surface area contributed by atoms with Crippen LogP contribution in [-0.2, 0) is 9.59 Å². The first-order valence-corrected chi connectivity index (χ1v) is 13.4. The maximum absolute atomic E-state index is 12.1. The van der Waals surface area contributed by atoms with Crippen molar-refractivity contribution in [2.75, 3.05) is 58.9 Å². The minimum atomic E-state index is -0.189. The fourth-order valence-corrected chi connectivity index (χ4v) is 5.06. The maximum atomic E-state index is 12.1. The van der Waals surface area contributed by atoms with Gasteiger partial charge in [-0.2, -0.15) is 0 Å². The van der Waals surface area contributed by atoms with Crippen molar-refractivity contribution in [3.8, 4) is 0 Å². The van der Waals surface area contributed by atoms with Crippen LogP contribution in [0.3, 0.4) is 0 Å². The molecule has 0 saturated carbocycles. The number of carbonyl (C=O) groups is 2. The number of nitrogens with zero attached hydrogens (tertiary/aromatic N) is 2. The number of primary amides is 1. The first-order chi connectivity index (χ1) is 15.7. The minimum absolute atomic E-state index is 0.176. The van der Waals surface area contributed by atoms with Gasteiger partial charge in [0.25, 0.3) is 0 Å². The summed E-state index contributed by atoms with van der Waals surface area (Å²) in [5.74, 6) is 1.71. The summed E-state index contributed by atoms with van der Waals surface area (Å²) in [6.45, 7) is 15.4. The van der Waals surface area contributed by atoms with Crippen LogP contribution in [0.4, 0.5) is 0 Å². The van der Waals surface area contributed by atoms with E-state index in [1.807, 2.05) is 0 Å². The summed E-state index contributed by atoms with van der Waals surface area (Å²) in [4.78, 5) is 27.9. The first-order valence-electron chi connectivity index (χ1n) is 13.4. The first kappa shape index (κ1) is 28.1. The van der Waals surface area contributed by atoms with Crippen LogP contribution in [0.1, 0.15) is 78.6 Å². The van der Waals surface area contributed by atoms with Gasteiger partial charge in [0.15, 0.2) is 0 Å². The fraction of sp³-hybridized carbons (Fsp3) is 0.923. The molecular weight excluding hydrogens is 414 g/mol. The van der Waals surface area contributed by atoms with Gasteiger partial charge in [0.1, 0.15) is 0 Å². The molecule has 192 valence electrons. The average molecular weight is 466 g/mol. The number of likely N-dealkylation sites (tertiary alicyclic amines) is 2. The third-order valence-corrected chi connectivity index (χ3v) is 7.25. The molecule has 0 aromatic rings. The Morgan fingerprint density at radius 1 is 0.848 bits per heavy atom. The van der Waals surface area contributed by atoms with Crippen LogP contribution < -0.4 is 16.4 Å². The zero-order chi connectivity index (χ0) is 24.1. The molecule has 0 atom stereocenters. The van der Waals surface area contributed by atoms with E-state index < -0.39 is 0 Å². The lowest BCUT2D eigenvalue weighted by Crippen LogP contribution is -2.38. The molecule has 0 aliphatic carbocycles. The summed E-state index contributed by atoms with van der Waals surface area (Å²) in [5.41, 5.74) is 5.54. The monoisotopic (exact) mass is 465 g/mol. The van der Waals surface area contributed by atoms with Crippen LogP contribution in [0, 0.1) is 17.3 Å². The Hall–Kier alpha value is -1.18. The number of amides is 2.